The van der Waals surface area contributed by atoms with Gasteiger partial charge in [0.2, 0.25) is 0 Å². The predicted octanol–water partition coefficient (Wildman–Crippen LogP) is 3.20. The van der Waals surface area contributed by atoms with Crippen molar-refractivity contribution >= 4 is 0 Å². The molecule has 3 heteroatoms. The van der Waals surface area contributed by atoms with Gasteiger partial charge in [0.25, 0.3) is 0 Å². The number of hydrogen-bond donors (Lipinski definition) is 1. The molecule has 2 rings (SSSR count). The van der Waals surface area contributed by atoms with E-state index in [1.807, 2.05) is 0 Å². The first-order valence-corrected chi connectivity index (χ1v) is 5.69. The molecule has 2 N–H and O–H groups in total. The molecule has 1 aromatic rings. The van der Waals surface area contributed by atoms with E-state index in [4.69, 9.17) is 5.73 Å². The third-order valence-electron chi connectivity index (χ3n) is 4.18. The monoisotopic (exact) mass is 225 g/mol. The van der Waals surface area contributed by atoms with E-state index in [1.54, 1.807) is 0 Å². The number of rotatable bonds is 2. The lowest BCUT2D eigenvalue weighted by molar-refractivity contribution is 0.0702. The zero-order chi connectivity index (χ0) is 11.9. The van der Waals surface area contributed by atoms with Crippen LogP contribution in [0.3, 0.4) is 0 Å². The molecule has 1 fully saturated rings. The molecule has 1 nitrogen and oxygen atoms in total. The second kappa shape index (κ2) is 3.81. The molecule has 16 heavy (non-hydrogen) atoms. The lowest BCUT2D eigenvalue weighted by atomic mass is 9.54. The maximum absolute atomic E-state index is 13.1. The third kappa shape index (κ3) is 1.63. The molecule has 0 spiro atoms. The van der Waals surface area contributed by atoms with Crippen LogP contribution in [0.5, 0.6) is 0 Å². The van der Waals surface area contributed by atoms with Gasteiger partial charge in [-0.1, -0.05) is 13.8 Å². The SMILES string of the molecule is CCC1(C)C(N)CC1c1cc(F)cc(F)c1. The van der Waals surface area contributed by atoms with Crippen molar-refractivity contribution in [2.45, 2.75) is 38.6 Å². The first kappa shape index (κ1) is 11.5. The quantitative estimate of drug-likeness (QED) is 0.821. The van der Waals surface area contributed by atoms with Crippen molar-refractivity contribution < 1.29 is 8.78 Å². The lowest BCUT2D eigenvalue weighted by Gasteiger charge is -2.52. The van der Waals surface area contributed by atoms with Gasteiger partial charge in [0.15, 0.2) is 0 Å². The van der Waals surface area contributed by atoms with Crippen LogP contribution in [0.25, 0.3) is 0 Å². The van der Waals surface area contributed by atoms with Crippen molar-refractivity contribution in [1.29, 1.82) is 0 Å². The van der Waals surface area contributed by atoms with Crippen LogP contribution in [0.2, 0.25) is 0 Å². The average Bonchev–Trinajstić information content (AvgIpc) is 2.23. The summed E-state index contributed by atoms with van der Waals surface area (Å²) in [7, 11) is 0. The van der Waals surface area contributed by atoms with E-state index in [0.29, 0.717) is 0 Å². The molecule has 0 radical (unpaired) electrons. The molecule has 0 bridgehead atoms. The first-order chi connectivity index (χ1) is 7.47. The van der Waals surface area contributed by atoms with Crippen LogP contribution in [0.4, 0.5) is 8.78 Å². The summed E-state index contributed by atoms with van der Waals surface area (Å²) in [6.07, 6.45) is 1.74. The van der Waals surface area contributed by atoms with E-state index >= 15 is 0 Å². The number of benzene rings is 1. The number of hydrogen-bond acceptors (Lipinski definition) is 1. The molecule has 0 saturated heterocycles. The summed E-state index contributed by atoms with van der Waals surface area (Å²) in [5, 5.41) is 0. The van der Waals surface area contributed by atoms with Gasteiger partial charge in [-0.25, -0.2) is 8.78 Å². The van der Waals surface area contributed by atoms with E-state index in [2.05, 4.69) is 13.8 Å². The largest absolute Gasteiger partial charge is 0.327 e. The van der Waals surface area contributed by atoms with Gasteiger partial charge >= 0.3 is 0 Å². The Balaban J connectivity index is 2.32. The second-order valence-corrected chi connectivity index (χ2v) is 4.96. The minimum atomic E-state index is -0.506. The highest BCUT2D eigenvalue weighted by molar-refractivity contribution is 5.28. The Hall–Kier alpha value is -0.960. The summed E-state index contributed by atoms with van der Waals surface area (Å²) < 4.78 is 26.3. The van der Waals surface area contributed by atoms with E-state index in [1.165, 1.54) is 12.1 Å². The van der Waals surface area contributed by atoms with Gasteiger partial charge in [-0.2, -0.15) is 0 Å². The Bertz CT molecular complexity index is 385. The van der Waals surface area contributed by atoms with Crippen LogP contribution < -0.4 is 5.73 Å². The van der Waals surface area contributed by atoms with Gasteiger partial charge in [0.05, 0.1) is 0 Å². The minimum absolute atomic E-state index is 0.0275. The Morgan fingerprint density at radius 3 is 2.31 bits per heavy atom. The van der Waals surface area contributed by atoms with Crippen LogP contribution in [-0.4, -0.2) is 6.04 Å². The lowest BCUT2D eigenvalue weighted by Crippen LogP contribution is -2.54. The van der Waals surface area contributed by atoms with Gasteiger partial charge in [0, 0.05) is 12.1 Å². The summed E-state index contributed by atoms with van der Waals surface area (Å²) in [6.45, 7) is 4.16. The molecule has 1 aromatic carbocycles. The molecular formula is C13H17F2N. The molecule has 0 heterocycles. The topological polar surface area (TPSA) is 26.0 Å². The van der Waals surface area contributed by atoms with E-state index < -0.39 is 11.6 Å². The molecule has 3 atom stereocenters. The van der Waals surface area contributed by atoms with Gasteiger partial charge in [-0.05, 0) is 41.9 Å². The predicted molar refractivity (Wildman–Crippen MR) is 60.1 cm³/mol. The standard InChI is InChI=1S/C13H17F2N/c1-3-13(2)11(7-12(13)16)8-4-9(14)6-10(15)5-8/h4-6,11-12H,3,7,16H2,1-2H3. The van der Waals surface area contributed by atoms with Crippen LogP contribution in [0.15, 0.2) is 18.2 Å². The summed E-state index contributed by atoms with van der Waals surface area (Å²) >= 11 is 0. The highest BCUT2D eigenvalue weighted by atomic mass is 19.1. The fraction of sp³-hybridized carbons (Fsp3) is 0.538. The Kier molecular flexibility index (Phi) is 2.74. The van der Waals surface area contributed by atoms with Crippen molar-refractivity contribution in [2.24, 2.45) is 11.1 Å². The highest BCUT2D eigenvalue weighted by Crippen LogP contribution is 2.53. The van der Waals surface area contributed by atoms with Crippen molar-refractivity contribution in [1.82, 2.24) is 0 Å². The zero-order valence-electron chi connectivity index (χ0n) is 9.63. The molecule has 0 amide bonds. The molecule has 1 aliphatic rings. The maximum atomic E-state index is 13.1. The van der Waals surface area contributed by atoms with Crippen LogP contribution in [0, 0.1) is 17.0 Å². The zero-order valence-corrected chi connectivity index (χ0v) is 9.63. The Morgan fingerprint density at radius 1 is 1.31 bits per heavy atom. The molecule has 1 saturated carbocycles. The summed E-state index contributed by atoms with van der Waals surface area (Å²) in [6, 6.07) is 3.89. The smallest absolute Gasteiger partial charge is 0.126 e. The molecule has 1 aliphatic carbocycles. The van der Waals surface area contributed by atoms with Gasteiger partial charge in [0.1, 0.15) is 11.6 Å². The van der Waals surface area contributed by atoms with Crippen molar-refractivity contribution in [3.8, 4) is 0 Å². The Morgan fingerprint density at radius 2 is 1.88 bits per heavy atom. The van der Waals surface area contributed by atoms with Crippen molar-refractivity contribution in [3.05, 3.63) is 35.4 Å². The molecule has 3 unspecified atom stereocenters. The molecule has 0 aromatic heterocycles. The summed E-state index contributed by atoms with van der Waals surface area (Å²) in [5.74, 6) is -0.833. The van der Waals surface area contributed by atoms with Gasteiger partial charge in [-0.3, -0.25) is 0 Å². The number of nitrogens with two attached hydrogens (primary N) is 1. The normalized spacial score (nSPS) is 33.6. The van der Waals surface area contributed by atoms with Crippen LogP contribution >= 0.6 is 0 Å². The third-order valence-corrected chi connectivity index (χ3v) is 4.18. The number of halogens is 2. The second-order valence-electron chi connectivity index (χ2n) is 4.96. The average molecular weight is 225 g/mol. The molecule has 88 valence electrons. The fourth-order valence-electron chi connectivity index (χ4n) is 2.69. The van der Waals surface area contributed by atoms with Crippen LogP contribution in [-0.2, 0) is 0 Å². The van der Waals surface area contributed by atoms with Crippen LogP contribution in [0.1, 0.15) is 38.2 Å². The maximum Gasteiger partial charge on any atom is 0.126 e. The van der Waals surface area contributed by atoms with E-state index in [-0.39, 0.29) is 17.4 Å². The van der Waals surface area contributed by atoms with Crippen molar-refractivity contribution in [2.75, 3.05) is 0 Å². The minimum Gasteiger partial charge on any atom is -0.327 e. The van der Waals surface area contributed by atoms with Crippen molar-refractivity contribution in [3.63, 3.8) is 0 Å². The fourth-order valence-corrected chi connectivity index (χ4v) is 2.69. The van der Waals surface area contributed by atoms with Gasteiger partial charge < -0.3 is 5.73 Å². The Labute approximate surface area is 94.7 Å². The summed E-state index contributed by atoms with van der Waals surface area (Å²) in [4.78, 5) is 0. The van der Waals surface area contributed by atoms with Gasteiger partial charge in [-0.15, -0.1) is 0 Å². The van der Waals surface area contributed by atoms with E-state index in [9.17, 15) is 8.78 Å². The first-order valence-electron chi connectivity index (χ1n) is 5.69. The van der Waals surface area contributed by atoms with E-state index in [0.717, 1.165) is 24.5 Å². The molecule has 0 aliphatic heterocycles. The summed E-state index contributed by atoms with van der Waals surface area (Å²) in [5.41, 5.74) is 6.70. The molecular weight excluding hydrogens is 208 g/mol. The highest BCUT2D eigenvalue weighted by Gasteiger charge is 2.48.